The number of thiazole rings is 1. The number of hydrogen-bond acceptors (Lipinski definition) is 4. The summed E-state index contributed by atoms with van der Waals surface area (Å²) < 4.78 is 0. The molecule has 1 amide bonds. The lowest BCUT2D eigenvalue weighted by Gasteiger charge is -2.06. The van der Waals surface area contributed by atoms with Crippen LogP contribution < -0.4 is 5.32 Å². The van der Waals surface area contributed by atoms with Gasteiger partial charge in [-0.25, -0.2) is 4.98 Å². The van der Waals surface area contributed by atoms with Crippen LogP contribution in [0.25, 0.3) is 10.6 Å². The number of anilines is 1. The van der Waals surface area contributed by atoms with Crippen molar-refractivity contribution < 1.29 is 4.79 Å². The maximum absolute atomic E-state index is 12.2. The van der Waals surface area contributed by atoms with Crippen LogP contribution in [0.2, 0.25) is 0 Å². The fraction of sp³-hybridized carbons (Fsp3) is 0.167. The van der Waals surface area contributed by atoms with Gasteiger partial charge < -0.3 is 5.32 Å². The zero-order valence-corrected chi connectivity index (χ0v) is 13.9. The number of nitrogens with zero attached hydrogens (tertiary/aromatic N) is 2. The number of benzene rings is 1. The zero-order chi connectivity index (χ0) is 16.2. The molecular formula is C18H17N3OS. The standard InChI is InChI=1S/C18H17N3OS/c1-12-5-6-15(8-13(12)2)20-17(22)9-16-11-23-18(21-16)14-4-3-7-19-10-14/h3-8,10-11H,9H2,1-2H3,(H,20,22). The molecule has 0 aliphatic heterocycles. The Morgan fingerprint density at radius 2 is 2.09 bits per heavy atom. The Bertz CT molecular complexity index is 827. The number of amides is 1. The van der Waals surface area contributed by atoms with Crippen molar-refractivity contribution in [2.45, 2.75) is 20.3 Å². The topological polar surface area (TPSA) is 54.9 Å². The van der Waals surface area contributed by atoms with Crippen LogP contribution in [0.15, 0.2) is 48.1 Å². The zero-order valence-electron chi connectivity index (χ0n) is 13.0. The van der Waals surface area contributed by atoms with Crippen LogP contribution in [0.4, 0.5) is 5.69 Å². The van der Waals surface area contributed by atoms with Crippen molar-refractivity contribution in [3.05, 3.63) is 64.9 Å². The molecule has 2 aromatic heterocycles. The summed E-state index contributed by atoms with van der Waals surface area (Å²) in [5.41, 5.74) is 4.94. The van der Waals surface area contributed by atoms with Crippen molar-refractivity contribution in [2.24, 2.45) is 0 Å². The smallest absolute Gasteiger partial charge is 0.230 e. The summed E-state index contributed by atoms with van der Waals surface area (Å²) in [6.45, 7) is 4.09. The largest absolute Gasteiger partial charge is 0.326 e. The van der Waals surface area contributed by atoms with Crippen molar-refractivity contribution in [1.29, 1.82) is 0 Å². The molecule has 0 saturated heterocycles. The van der Waals surface area contributed by atoms with Crippen molar-refractivity contribution in [1.82, 2.24) is 9.97 Å². The molecule has 116 valence electrons. The molecule has 0 spiro atoms. The molecule has 0 saturated carbocycles. The average molecular weight is 323 g/mol. The average Bonchev–Trinajstić information content (AvgIpc) is 3.00. The molecule has 0 fully saturated rings. The quantitative estimate of drug-likeness (QED) is 0.789. The summed E-state index contributed by atoms with van der Waals surface area (Å²) in [5.74, 6) is -0.0590. The summed E-state index contributed by atoms with van der Waals surface area (Å²) >= 11 is 1.52. The van der Waals surface area contributed by atoms with Crippen molar-refractivity contribution in [3.8, 4) is 10.6 Å². The van der Waals surface area contributed by atoms with Gasteiger partial charge >= 0.3 is 0 Å². The number of nitrogens with one attached hydrogen (secondary N) is 1. The summed E-state index contributed by atoms with van der Waals surface area (Å²) in [6.07, 6.45) is 3.77. The lowest BCUT2D eigenvalue weighted by molar-refractivity contribution is -0.115. The van der Waals surface area contributed by atoms with Gasteiger partial charge in [-0.3, -0.25) is 9.78 Å². The molecule has 2 heterocycles. The van der Waals surface area contributed by atoms with Gasteiger partial charge in [-0.1, -0.05) is 6.07 Å². The van der Waals surface area contributed by atoms with E-state index in [1.807, 2.05) is 42.6 Å². The van der Waals surface area contributed by atoms with Crippen LogP contribution in [0.5, 0.6) is 0 Å². The van der Waals surface area contributed by atoms with E-state index >= 15 is 0 Å². The summed E-state index contributed by atoms with van der Waals surface area (Å²) in [6, 6.07) is 9.75. The van der Waals surface area contributed by atoms with Gasteiger partial charge in [0.1, 0.15) is 5.01 Å². The van der Waals surface area contributed by atoms with E-state index < -0.39 is 0 Å². The third kappa shape index (κ3) is 3.81. The Morgan fingerprint density at radius 3 is 2.83 bits per heavy atom. The molecule has 23 heavy (non-hydrogen) atoms. The molecule has 5 heteroatoms. The van der Waals surface area contributed by atoms with E-state index in [1.54, 1.807) is 12.4 Å². The minimum absolute atomic E-state index is 0.0590. The van der Waals surface area contributed by atoms with E-state index in [4.69, 9.17) is 0 Å². The first-order chi connectivity index (χ1) is 11.1. The maximum Gasteiger partial charge on any atom is 0.230 e. The highest BCUT2D eigenvalue weighted by atomic mass is 32.1. The second-order valence-electron chi connectivity index (χ2n) is 5.41. The number of aromatic nitrogens is 2. The second kappa shape index (κ2) is 6.71. The number of carbonyl (C=O) groups is 1. The van der Waals surface area contributed by atoms with Gasteiger partial charge in [-0.2, -0.15) is 0 Å². The first-order valence-corrected chi connectivity index (χ1v) is 8.22. The van der Waals surface area contributed by atoms with Crippen LogP contribution in [0, 0.1) is 13.8 Å². The molecule has 3 aromatic rings. The Labute approximate surface area is 139 Å². The van der Waals surface area contributed by atoms with Gasteiger partial charge in [0.05, 0.1) is 12.1 Å². The first kappa shape index (κ1) is 15.4. The second-order valence-corrected chi connectivity index (χ2v) is 6.27. The van der Waals surface area contributed by atoms with Crippen LogP contribution >= 0.6 is 11.3 Å². The fourth-order valence-corrected chi connectivity index (χ4v) is 3.01. The lowest BCUT2D eigenvalue weighted by Crippen LogP contribution is -2.14. The SMILES string of the molecule is Cc1ccc(NC(=O)Cc2csc(-c3cccnc3)n2)cc1C. The fourth-order valence-electron chi connectivity index (χ4n) is 2.20. The minimum atomic E-state index is -0.0590. The Morgan fingerprint density at radius 1 is 1.22 bits per heavy atom. The summed E-state index contributed by atoms with van der Waals surface area (Å²) in [7, 11) is 0. The van der Waals surface area contributed by atoms with Crippen LogP contribution in [-0.4, -0.2) is 15.9 Å². The Hall–Kier alpha value is -2.53. The molecular weight excluding hydrogens is 306 g/mol. The highest BCUT2D eigenvalue weighted by molar-refractivity contribution is 7.13. The van der Waals surface area contributed by atoms with E-state index in [0.717, 1.165) is 27.5 Å². The number of aryl methyl sites for hydroxylation is 2. The molecule has 1 aromatic carbocycles. The molecule has 0 aliphatic rings. The van der Waals surface area contributed by atoms with Gasteiger partial charge in [-0.05, 0) is 49.2 Å². The van der Waals surface area contributed by atoms with Gasteiger partial charge in [-0.15, -0.1) is 11.3 Å². The third-order valence-electron chi connectivity index (χ3n) is 3.59. The van der Waals surface area contributed by atoms with E-state index in [0.29, 0.717) is 0 Å². The van der Waals surface area contributed by atoms with Gasteiger partial charge in [0, 0.05) is 29.0 Å². The Kier molecular flexibility index (Phi) is 4.48. The molecule has 1 N–H and O–H groups in total. The Balaban J connectivity index is 1.66. The number of rotatable bonds is 4. The van der Waals surface area contributed by atoms with Crippen LogP contribution in [-0.2, 0) is 11.2 Å². The number of carbonyl (C=O) groups excluding carboxylic acids is 1. The molecule has 0 aliphatic carbocycles. The molecule has 3 rings (SSSR count). The van der Waals surface area contributed by atoms with Crippen molar-refractivity contribution >= 4 is 22.9 Å². The number of hydrogen-bond donors (Lipinski definition) is 1. The van der Waals surface area contributed by atoms with Gasteiger partial charge in [0.15, 0.2) is 0 Å². The molecule has 0 atom stereocenters. The van der Waals surface area contributed by atoms with E-state index in [1.165, 1.54) is 16.9 Å². The van der Waals surface area contributed by atoms with E-state index in [-0.39, 0.29) is 12.3 Å². The van der Waals surface area contributed by atoms with Gasteiger partial charge in [0.25, 0.3) is 0 Å². The molecule has 0 bridgehead atoms. The van der Waals surface area contributed by atoms with E-state index in [9.17, 15) is 4.79 Å². The first-order valence-electron chi connectivity index (χ1n) is 7.34. The highest BCUT2D eigenvalue weighted by Gasteiger charge is 2.09. The minimum Gasteiger partial charge on any atom is -0.326 e. The highest BCUT2D eigenvalue weighted by Crippen LogP contribution is 2.23. The predicted molar refractivity (Wildman–Crippen MR) is 93.6 cm³/mol. The number of pyridine rings is 1. The van der Waals surface area contributed by atoms with Crippen molar-refractivity contribution in [2.75, 3.05) is 5.32 Å². The summed E-state index contributed by atoms with van der Waals surface area (Å²) in [4.78, 5) is 20.8. The molecule has 0 unspecified atom stereocenters. The summed E-state index contributed by atoms with van der Waals surface area (Å²) in [5, 5.41) is 5.72. The maximum atomic E-state index is 12.2. The third-order valence-corrected chi connectivity index (χ3v) is 4.53. The predicted octanol–water partition coefficient (Wildman–Crippen LogP) is 4.00. The van der Waals surface area contributed by atoms with Gasteiger partial charge in [0.2, 0.25) is 5.91 Å². The molecule has 4 nitrogen and oxygen atoms in total. The van der Waals surface area contributed by atoms with Crippen LogP contribution in [0.1, 0.15) is 16.8 Å². The van der Waals surface area contributed by atoms with Crippen molar-refractivity contribution in [3.63, 3.8) is 0 Å². The van der Waals surface area contributed by atoms with Crippen LogP contribution in [0.3, 0.4) is 0 Å². The van der Waals surface area contributed by atoms with E-state index in [2.05, 4.69) is 22.2 Å². The molecule has 0 radical (unpaired) electrons. The monoisotopic (exact) mass is 323 g/mol. The lowest BCUT2D eigenvalue weighted by atomic mass is 10.1. The normalized spacial score (nSPS) is 10.5.